The number of unbranched alkanes of at least 4 members (excludes halogenated alkanes) is 1. The number of imidazole rings is 1. The van der Waals surface area contributed by atoms with Gasteiger partial charge in [-0.2, -0.15) is 0 Å². The number of aromatic nitrogens is 2. The van der Waals surface area contributed by atoms with E-state index in [0.717, 1.165) is 44.7 Å². The Morgan fingerprint density at radius 3 is 1.97 bits per heavy atom. The predicted octanol–water partition coefficient (Wildman–Crippen LogP) is 6.69. The highest BCUT2D eigenvalue weighted by Gasteiger charge is 2.17. The van der Waals surface area contributed by atoms with Crippen molar-refractivity contribution < 1.29 is 4.39 Å². The van der Waals surface area contributed by atoms with Crippen LogP contribution in [0.3, 0.4) is 0 Å². The van der Waals surface area contributed by atoms with Crippen LogP contribution < -0.4 is 0 Å². The molecule has 0 aliphatic carbocycles. The molecule has 0 bridgehead atoms. The van der Waals surface area contributed by atoms with Crippen molar-refractivity contribution in [1.82, 2.24) is 14.5 Å². The molecule has 32 heavy (non-hydrogen) atoms. The van der Waals surface area contributed by atoms with Crippen LogP contribution in [-0.2, 0) is 26.2 Å². The van der Waals surface area contributed by atoms with Crippen molar-refractivity contribution in [3.05, 3.63) is 114 Å². The van der Waals surface area contributed by atoms with E-state index in [0.29, 0.717) is 11.4 Å². The first kappa shape index (κ1) is 22.0. The van der Waals surface area contributed by atoms with Gasteiger partial charge in [0.1, 0.15) is 11.6 Å². The van der Waals surface area contributed by atoms with E-state index in [1.807, 2.05) is 30.5 Å². The van der Waals surface area contributed by atoms with Crippen LogP contribution in [0.2, 0.25) is 0 Å². The topological polar surface area (TPSA) is 21.1 Å². The van der Waals surface area contributed by atoms with Gasteiger partial charge >= 0.3 is 0 Å². The molecule has 3 aromatic carbocycles. The fourth-order valence-electron chi connectivity index (χ4n) is 4.04. The van der Waals surface area contributed by atoms with E-state index < -0.39 is 0 Å². The molecule has 0 N–H and O–H groups in total. The second-order valence-electron chi connectivity index (χ2n) is 8.17. The van der Waals surface area contributed by atoms with Crippen molar-refractivity contribution >= 4 is 0 Å². The van der Waals surface area contributed by atoms with Crippen LogP contribution in [0.1, 0.15) is 36.6 Å². The smallest absolute Gasteiger partial charge is 0.143 e. The number of nitrogens with zero attached hydrogens (tertiary/aromatic N) is 3. The first-order chi connectivity index (χ1) is 15.7. The van der Waals surface area contributed by atoms with Crippen molar-refractivity contribution in [3.63, 3.8) is 0 Å². The van der Waals surface area contributed by atoms with E-state index in [-0.39, 0.29) is 5.82 Å². The van der Waals surface area contributed by atoms with E-state index >= 15 is 0 Å². The Bertz CT molecular complexity index is 1060. The maximum absolute atomic E-state index is 14.6. The molecule has 164 valence electrons. The lowest BCUT2D eigenvalue weighted by atomic mass is 10.1. The van der Waals surface area contributed by atoms with Crippen LogP contribution in [0.4, 0.5) is 4.39 Å². The van der Waals surface area contributed by atoms with Gasteiger partial charge in [0.2, 0.25) is 0 Å². The summed E-state index contributed by atoms with van der Waals surface area (Å²) in [5.41, 5.74) is 4.23. The zero-order valence-electron chi connectivity index (χ0n) is 18.6. The van der Waals surface area contributed by atoms with Crippen LogP contribution >= 0.6 is 0 Å². The SMILES string of the molecule is CCCCn1c(CN(Cc2ccccc2)Cc2ccccc2)cnc1-c1ccccc1F. The van der Waals surface area contributed by atoms with Gasteiger partial charge in [0.15, 0.2) is 0 Å². The first-order valence-electron chi connectivity index (χ1n) is 11.3. The third kappa shape index (κ3) is 5.51. The normalized spacial score (nSPS) is 11.2. The largest absolute Gasteiger partial charge is 0.327 e. The quantitative estimate of drug-likeness (QED) is 0.281. The van der Waals surface area contributed by atoms with Gasteiger partial charge in [0.25, 0.3) is 0 Å². The van der Waals surface area contributed by atoms with Gasteiger partial charge in [-0.1, -0.05) is 86.1 Å². The Morgan fingerprint density at radius 1 is 0.781 bits per heavy atom. The third-order valence-corrected chi connectivity index (χ3v) is 5.67. The van der Waals surface area contributed by atoms with Crippen molar-refractivity contribution in [3.8, 4) is 11.4 Å². The highest BCUT2D eigenvalue weighted by Crippen LogP contribution is 2.25. The molecule has 1 aromatic heterocycles. The summed E-state index contributed by atoms with van der Waals surface area (Å²) in [5, 5.41) is 0. The summed E-state index contributed by atoms with van der Waals surface area (Å²) < 4.78 is 16.8. The van der Waals surface area contributed by atoms with E-state index in [2.05, 4.69) is 69.9 Å². The highest BCUT2D eigenvalue weighted by atomic mass is 19.1. The van der Waals surface area contributed by atoms with Gasteiger partial charge < -0.3 is 4.57 Å². The molecule has 0 saturated heterocycles. The van der Waals surface area contributed by atoms with Crippen molar-refractivity contribution in [2.45, 2.75) is 45.9 Å². The zero-order chi connectivity index (χ0) is 22.2. The van der Waals surface area contributed by atoms with E-state index in [9.17, 15) is 4.39 Å². The molecule has 4 aromatic rings. The third-order valence-electron chi connectivity index (χ3n) is 5.67. The van der Waals surface area contributed by atoms with Crippen LogP contribution in [0.15, 0.2) is 91.1 Å². The van der Waals surface area contributed by atoms with Crippen LogP contribution in [-0.4, -0.2) is 14.5 Å². The molecule has 1 heterocycles. The monoisotopic (exact) mass is 427 g/mol. The van der Waals surface area contributed by atoms with Crippen LogP contribution in [0, 0.1) is 5.82 Å². The van der Waals surface area contributed by atoms with E-state index in [1.54, 1.807) is 6.07 Å². The molecular formula is C28H30FN3. The second kappa shape index (κ2) is 10.9. The standard InChI is InChI=1S/C28H30FN3/c1-2-3-18-32-25(19-30-28(32)26-16-10-11-17-27(26)29)22-31(20-23-12-6-4-7-13-23)21-24-14-8-5-9-15-24/h4-17,19H,2-3,18,20-22H2,1H3. The summed E-state index contributed by atoms with van der Waals surface area (Å²) in [6.07, 6.45) is 4.02. The Labute approximate surface area is 190 Å². The Kier molecular flexibility index (Phi) is 7.47. The van der Waals surface area contributed by atoms with Gasteiger partial charge in [-0.3, -0.25) is 4.90 Å². The molecule has 4 heteroatoms. The minimum atomic E-state index is -0.229. The first-order valence-corrected chi connectivity index (χ1v) is 11.3. The van der Waals surface area contributed by atoms with Gasteiger partial charge in [-0.25, -0.2) is 9.37 Å². The molecular weight excluding hydrogens is 397 g/mol. The molecule has 0 saturated carbocycles. The number of rotatable bonds is 10. The van der Waals surface area contributed by atoms with Crippen molar-refractivity contribution in [2.75, 3.05) is 0 Å². The lowest BCUT2D eigenvalue weighted by Gasteiger charge is -2.24. The summed E-state index contributed by atoms with van der Waals surface area (Å²) in [6.45, 7) is 5.43. The van der Waals surface area contributed by atoms with Gasteiger partial charge in [0, 0.05) is 26.2 Å². The lowest BCUT2D eigenvalue weighted by molar-refractivity contribution is 0.241. The molecule has 4 rings (SSSR count). The molecule has 0 fully saturated rings. The fourth-order valence-corrected chi connectivity index (χ4v) is 4.04. The zero-order valence-corrected chi connectivity index (χ0v) is 18.6. The molecule has 0 amide bonds. The lowest BCUT2D eigenvalue weighted by Crippen LogP contribution is -2.24. The van der Waals surface area contributed by atoms with Gasteiger partial charge in [0.05, 0.1) is 17.5 Å². The molecule has 0 aliphatic rings. The maximum atomic E-state index is 14.6. The van der Waals surface area contributed by atoms with Crippen LogP contribution in [0.5, 0.6) is 0 Å². The average molecular weight is 428 g/mol. The Hall–Kier alpha value is -3.24. The minimum absolute atomic E-state index is 0.229. The predicted molar refractivity (Wildman–Crippen MR) is 128 cm³/mol. The number of halogens is 1. The molecule has 0 unspecified atom stereocenters. The summed E-state index contributed by atoms with van der Waals surface area (Å²) in [6, 6.07) is 28.0. The number of benzene rings is 3. The van der Waals surface area contributed by atoms with Crippen molar-refractivity contribution in [2.24, 2.45) is 0 Å². The second-order valence-corrected chi connectivity index (χ2v) is 8.17. The molecule has 0 atom stereocenters. The Morgan fingerprint density at radius 2 is 1.38 bits per heavy atom. The van der Waals surface area contributed by atoms with Gasteiger partial charge in [-0.05, 0) is 29.7 Å². The molecule has 0 aliphatic heterocycles. The summed E-state index contributed by atoms with van der Waals surface area (Å²) in [4.78, 5) is 7.09. The minimum Gasteiger partial charge on any atom is -0.327 e. The highest BCUT2D eigenvalue weighted by molar-refractivity contribution is 5.57. The Balaban J connectivity index is 1.65. The van der Waals surface area contributed by atoms with E-state index in [4.69, 9.17) is 0 Å². The number of hydrogen-bond donors (Lipinski definition) is 0. The maximum Gasteiger partial charge on any atom is 0.143 e. The van der Waals surface area contributed by atoms with Gasteiger partial charge in [-0.15, -0.1) is 0 Å². The van der Waals surface area contributed by atoms with Crippen molar-refractivity contribution in [1.29, 1.82) is 0 Å². The van der Waals surface area contributed by atoms with E-state index in [1.165, 1.54) is 17.2 Å². The summed E-state index contributed by atoms with van der Waals surface area (Å²) in [5.74, 6) is 0.485. The molecule has 3 nitrogen and oxygen atoms in total. The fraction of sp³-hybridized carbons (Fsp3) is 0.250. The summed E-state index contributed by atoms with van der Waals surface area (Å²) >= 11 is 0. The molecule has 0 spiro atoms. The average Bonchev–Trinajstić information content (AvgIpc) is 3.21. The number of hydrogen-bond acceptors (Lipinski definition) is 2. The van der Waals surface area contributed by atoms with Crippen LogP contribution in [0.25, 0.3) is 11.4 Å². The summed E-state index contributed by atoms with van der Waals surface area (Å²) in [7, 11) is 0. The molecule has 0 radical (unpaired) electrons.